The molecule has 0 saturated carbocycles. The third-order valence-electron chi connectivity index (χ3n) is 5.07. The van der Waals surface area contributed by atoms with Crippen LogP contribution in [0.15, 0.2) is 75.8 Å². The van der Waals surface area contributed by atoms with Crippen LogP contribution in [0.25, 0.3) is 0 Å². The number of oxime groups is 1. The van der Waals surface area contributed by atoms with E-state index in [1.807, 2.05) is 31.2 Å². The van der Waals surface area contributed by atoms with Crippen molar-refractivity contribution in [3.05, 3.63) is 93.7 Å². The lowest BCUT2D eigenvalue weighted by atomic mass is 9.84. The van der Waals surface area contributed by atoms with Crippen LogP contribution in [0.1, 0.15) is 34.6 Å². The van der Waals surface area contributed by atoms with E-state index in [0.29, 0.717) is 17.7 Å². The van der Waals surface area contributed by atoms with Crippen LogP contribution in [0.2, 0.25) is 0 Å². The highest BCUT2D eigenvalue weighted by Gasteiger charge is 2.21. The maximum atomic E-state index is 11.8. The maximum absolute atomic E-state index is 11.8. The zero-order valence-corrected chi connectivity index (χ0v) is 17.8. The number of hydrogen-bond acceptors (Lipinski definition) is 6. The second kappa shape index (κ2) is 8.62. The Labute approximate surface area is 175 Å². The van der Waals surface area contributed by atoms with Gasteiger partial charge in [0.1, 0.15) is 0 Å². The van der Waals surface area contributed by atoms with E-state index in [1.54, 1.807) is 37.5 Å². The molecule has 0 saturated heterocycles. The quantitative estimate of drug-likeness (QED) is 0.372. The van der Waals surface area contributed by atoms with Gasteiger partial charge in [-0.15, -0.1) is 0 Å². The minimum atomic E-state index is -3.30. The molecule has 156 valence electrons. The second-order valence-electron chi connectivity index (χ2n) is 7.24. The topological polar surface area (TPSA) is 102 Å². The molecule has 1 atom stereocenters. The highest BCUT2D eigenvalue weighted by molar-refractivity contribution is 7.90. The first-order valence-electron chi connectivity index (χ1n) is 9.30. The molecule has 0 aliphatic rings. The van der Waals surface area contributed by atoms with E-state index in [0.717, 1.165) is 16.7 Å². The molecule has 0 amide bonds. The molecule has 0 spiro atoms. The van der Waals surface area contributed by atoms with Crippen molar-refractivity contribution in [2.75, 3.05) is 6.26 Å². The fourth-order valence-corrected chi connectivity index (χ4v) is 4.03. The molecule has 0 bridgehead atoms. The Kier molecular flexibility index (Phi) is 6.17. The standard InChI is InChI=1S/C22H23N3O4S/c1-15-6-4-5-7-19(15)20(16-8-10-18(11-9-16)30(3,28)29)12-21(24-27)17-13-23-22(26)25(2)14-17/h4-11,13-14,20,27H,12H2,1-3H3/b24-21+/t20-/m0/s1. The molecule has 0 aliphatic heterocycles. The lowest BCUT2D eigenvalue weighted by molar-refractivity contribution is 0.317. The van der Waals surface area contributed by atoms with Crippen LogP contribution < -0.4 is 5.69 Å². The number of aromatic nitrogens is 2. The third kappa shape index (κ3) is 4.65. The SMILES string of the molecule is Cc1ccccc1[C@@H](C/C(=N\O)c1cnc(=O)n(C)c1)c1ccc(S(C)(=O)=O)cc1. The normalized spacial score (nSPS) is 13.2. The molecular weight excluding hydrogens is 402 g/mol. The van der Waals surface area contributed by atoms with Crippen molar-refractivity contribution in [2.45, 2.75) is 24.2 Å². The monoisotopic (exact) mass is 425 g/mol. The first-order chi connectivity index (χ1) is 14.2. The van der Waals surface area contributed by atoms with E-state index in [2.05, 4.69) is 10.1 Å². The van der Waals surface area contributed by atoms with Gasteiger partial charge in [0.2, 0.25) is 0 Å². The Hall–Kier alpha value is -3.26. The third-order valence-corrected chi connectivity index (χ3v) is 6.20. The predicted octanol–water partition coefficient (Wildman–Crippen LogP) is 2.89. The van der Waals surface area contributed by atoms with Crippen LogP contribution in [0.5, 0.6) is 0 Å². The molecule has 1 heterocycles. The van der Waals surface area contributed by atoms with Gasteiger partial charge in [0.25, 0.3) is 0 Å². The zero-order chi connectivity index (χ0) is 21.9. The minimum absolute atomic E-state index is 0.192. The Balaban J connectivity index is 2.07. The van der Waals surface area contributed by atoms with E-state index in [1.165, 1.54) is 17.0 Å². The van der Waals surface area contributed by atoms with E-state index < -0.39 is 15.5 Å². The molecule has 7 nitrogen and oxygen atoms in total. The lowest BCUT2D eigenvalue weighted by Crippen LogP contribution is -2.21. The first kappa shape index (κ1) is 21.4. The van der Waals surface area contributed by atoms with E-state index in [9.17, 15) is 18.4 Å². The fraction of sp³-hybridized carbons (Fsp3) is 0.227. The molecule has 3 aromatic rings. The molecular formula is C22H23N3O4S. The van der Waals surface area contributed by atoms with Gasteiger partial charge in [0.15, 0.2) is 9.84 Å². The number of rotatable bonds is 6. The second-order valence-corrected chi connectivity index (χ2v) is 9.25. The van der Waals surface area contributed by atoms with Gasteiger partial charge in [-0.3, -0.25) is 0 Å². The Morgan fingerprint density at radius 2 is 1.83 bits per heavy atom. The smallest absolute Gasteiger partial charge is 0.347 e. The summed E-state index contributed by atoms with van der Waals surface area (Å²) in [6.07, 6.45) is 4.47. The molecule has 0 fully saturated rings. The van der Waals surface area contributed by atoms with Crippen molar-refractivity contribution in [1.29, 1.82) is 0 Å². The molecule has 2 aromatic carbocycles. The summed E-state index contributed by atoms with van der Waals surface area (Å²) in [6, 6.07) is 14.6. The Bertz CT molecular complexity index is 1250. The van der Waals surface area contributed by atoms with E-state index >= 15 is 0 Å². The van der Waals surface area contributed by atoms with E-state index in [-0.39, 0.29) is 10.8 Å². The molecule has 30 heavy (non-hydrogen) atoms. The summed E-state index contributed by atoms with van der Waals surface area (Å²) >= 11 is 0. The molecule has 0 aliphatic carbocycles. The maximum Gasteiger partial charge on any atom is 0.347 e. The molecule has 0 unspecified atom stereocenters. The highest BCUT2D eigenvalue weighted by Crippen LogP contribution is 2.32. The van der Waals surface area contributed by atoms with Gasteiger partial charge in [-0.25, -0.2) is 18.2 Å². The summed E-state index contributed by atoms with van der Waals surface area (Å²) in [5.74, 6) is -0.192. The zero-order valence-electron chi connectivity index (χ0n) is 17.0. The van der Waals surface area contributed by atoms with Crippen molar-refractivity contribution in [2.24, 2.45) is 12.2 Å². The van der Waals surface area contributed by atoms with Gasteiger partial charge in [-0.2, -0.15) is 0 Å². The number of benzene rings is 2. The first-order valence-corrected chi connectivity index (χ1v) is 11.2. The number of sulfone groups is 1. The predicted molar refractivity (Wildman–Crippen MR) is 115 cm³/mol. The fourth-order valence-electron chi connectivity index (χ4n) is 3.40. The molecule has 1 N–H and O–H groups in total. The minimum Gasteiger partial charge on any atom is -0.411 e. The average molecular weight is 426 g/mol. The van der Waals surface area contributed by atoms with Crippen LogP contribution in [-0.2, 0) is 16.9 Å². The van der Waals surface area contributed by atoms with Gasteiger partial charge in [0, 0.05) is 43.6 Å². The summed E-state index contributed by atoms with van der Waals surface area (Å²) in [5, 5.41) is 13.2. The largest absolute Gasteiger partial charge is 0.411 e. The van der Waals surface area contributed by atoms with Crippen LogP contribution in [0, 0.1) is 6.92 Å². The van der Waals surface area contributed by atoms with Crippen molar-refractivity contribution in [1.82, 2.24) is 9.55 Å². The van der Waals surface area contributed by atoms with Crippen molar-refractivity contribution >= 4 is 15.5 Å². The summed E-state index contributed by atoms with van der Waals surface area (Å²) in [7, 11) is -1.72. The van der Waals surface area contributed by atoms with E-state index in [4.69, 9.17) is 0 Å². The van der Waals surface area contributed by atoms with Gasteiger partial charge < -0.3 is 9.77 Å². The number of nitrogens with zero attached hydrogens (tertiary/aromatic N) is 3. The van der Waals surface area contributed by atoms with Crippen LogP contribution >= 0.6 is 0 Å². The van der Waals surface area contributed by atoms with Gasteiger partial charge in [0.05, 0.1) is 10.6 Å². The van der Waals surface area contributed by atoms with Crippen LogP contribution in [0.3, 0.4) is 0 Å². The highest BCUT2D eigenvalue weighted by atomic mass is 32.2. The summed E-state index contributed by atoms with van der Waals surface area (Å²) in [5.41, 5.74) is 3.48. The summed E-state index contributed by atoms with van der Waals surface area (Å²) in [4.78, 5) is 15.7. The van der Waals surface area contributed by atoms with Gasteiger partial charge in [-0.05, 0) is 35.7 Å². The van der Waals surface area contributed by atoms with Crippen molar-refractivity contribution < 1.29 is 13.6 Å². The van der Waals surface area contributed by atoms with Gasteiger partial charge >= 0.3 is 5.69 Å². The van der Waals surface area contributed by atoms with Crippen LogP contribution in [0.4, 0.5) is 0 Å². The molecule has 3 rings (SSSR count). The number of aryl methyl sites for hydroxylation is 2. The van der Waals surface area contributed by atoms with Crippen LogP contribution in [-0.4, -0.2) is 35.1 Å². The van der Waals surface area contributed by atoms with Gasteiger partial charge in [-0.1, -0.05) is 41.6 Å². The molecule has 0 radical (unpaired) electrons. The molecule has 8 heteroatoms. The Morgan fingerprint density at radius 1 is 1.17 bits per heavy atom. The lowest BCUT2D eigenvalue weighted by Gasteiger charge is -2.21. The van der Waals surface area contributed by atoms with Crippen molar-refractivity contribution in [3.8, 4) is 0 Å². The Morgan fingerprint density at radius 3 is 2.40 bits per heavy atom. The molecule has 1 aromatic heterocycles. The van der Waals surface area contributed by atoms with Crippen molar-refractivity contribution in [3.63, 3.8) is 0 Å². The summed E-state index contributed by atoms with van der Waals surface area (Å²) in [6.45, 7) is 2.00. The number of hydrogen-bond donors (Lipinski definition) is 1. The summed E-state index contributed by atoms with van der Waals surface area (Å²) < 4.78 is 25.0. The average Bonchev–Trinajstić information content (AvgIpc) is 2.71.